The minimum Gasteiger partial charge on any atom is -0.483 e. The van der Waals surface area contributed by atoms with Gasteiger partial charge in [-0.05, 0) is 51.9 Å². The molecule has 0 unspecified atom stereocenters. The second-order valence-electron chi connectivity index (χ2n) is 7.03. The number of nitrogens with zero attached hydrogens (tertiary/aromatic N) is 2. The van der Waals surface area contributed by atoms with Crippen LogP contribution in [0.15, 0.2) is 12.1 Å². The molecule has 7 heteroatoms. The summed E-state index contributed by atoms with van der Waals surface area (Å²) in [7, 11) is 4.10. The lowest BCUT2D eigenvalue weighted by Gasteiger charge is -2.27. The molecule has 1 aromatic heterocycles. The zero-order valence-electron chi connectivity index (χ0n) is 16.2. The Morgan fingerprint density at radius 3 is 2.46 bits per heavy atom. The SMILES string of the molecule is Cc1ccc(CN(CCN(C)C)C(=O)NCC2CCCCC2)s1.O=CO. The second kappa shape index (κ2) is 12.7. The van der Waals surface area contributed by atoms with Gasteiger partial charge in [-0.1, -0.05) is 19.3 Å². The van der Waals surface area contributed by atoms with Crippen LogP contribution in [0.5, 0.6) is 0 Å². The topological polar surface area (TPSA) is 72.9 Å². The number of carbonyl (C=O) groups is 2. The van der Waals surface area contributed by atoms with Crippen molar-refractivity contribution in [3.05, 3.63) is 21.9 Å². The lowest BCUT2D eigenvalue weighted by molar-refractivity contribution is -0.122. The van der Waals surface area contributed by atoms with Crippen molar-refractivity contribution in [2.45, 2.75) is 45.6 Å². The fraction of sp³-hybridized carbons (Fsp3) is 0.684. The first kappa shape index (κ1) is 22.4. The molecule has 148 valence electrons. The van der Waals surface area contributed by atoms with Crippen LogP contribution < -0.4 is 5.32 Å². The Kier molecular flexibility index (Phi) is 11.0. The molecule has 0 atom stereocenters. The van der Waals surface area contributed by atoms with Gasteiger partial charge in [-0.25, -0.2) is 4.79 Å². The van der Waals surface area contributed by atoms with Crippen molar-refractivity contribution >= 4 is 23.8 Å². The lowest BCUT2D eigenvalue weighted by Crippen LogP contribution is -2.44. The number of carboxylic acid groups (broad SMARTS) is 1. The largest absolute Gasteiger partial charge is 0.483 e. The molecule has 1 fully saturated rings. The van der Waals surface area contributed by atoms with E-state index in [0.717, 1.165) is 19.6 Å². The third kappa shape index (κ3) is 9.20. The average Bonchev–Trinajstić information content (AvgIpc) is 3.03. The van der Waals surface area contributed by atoms with Gasteiger partial charge in [0.25, 0.3) is 6.47 Å². The van der Waals surface area contributed by atoms with E-state index in [2.05, 4.69) is 29.3 Å². The number of hydrogen-bond acceptors (Lipinski definition) is 4. The van der Waals surface area contributed by atoms with Crippen LogP contribution in [0.3, 0.4) is 0 Å². The van der Waals surface area contributed by atoms with Crippen LogP contribution in [0.4, 0.5) is 4.79 Å². The fourth-order valence-electron chi connectivity index (χ4n) is 3.07. The highest BCUT2D eigenvalue weighted by Gasteiger charge is 2.18. The standard InChI is InChI=1S/C18H31N3OS.CH2O2/c1-15-9-10-17(23-15)14-21(12-11-20(2)3)18(22)19-13-16-7-5-4-6-8-16;2-1-3/h9-10,16H,4-8,11-14H2,1-3H3,(H,19,22);1H,(H,2,3). The number of nitrogens with one attached hydrogen (secondary N) is 1. The molecule has 0 saturated heterocycles. The maximum absolute atomic E-state index is 12.6. The summed E-state index contributed by atoms with van der Waals surface area (Å²) in [5.41, 5.74) is 0. The molecular weight excluding hydrogens is 350 g/mol. The molecule has 1 saturated carbocycles. The fourth-order valence-corrected chi connectivity index (χ4v) is 3.97. The molecule has 26 heavy (non-hydrogen) atoms. The normalized spacial score (nSPS) is 14.5. The highest BCUT2D eigenvalue weighted by molar-refractivity contribution is 7.11. The van der Waals surface area contributed by atoms with E-state index in [-0.39, 0.29) is 12.5 Å². The number of hydrogen-bond donors (Lipinski definition) is 2. The second-order valence-corrected chi connectivity index (χ2v) is 8.41. The molecule has 1 heterocycles. The minimum absolute atomic E-state index is 0.0866. The molecule has 0 spiro atoms. The van der Waals surface area contributed by atoms with E-state index in [9.17, 15) is 4.79 Å². The van der Waals surface area contributed by atoms with Gasteiger partial charge in [0.1, 0.15) is 0 Å². The van der Waals surface area contributed by atoms with Crippen LogP contribution in [0.1, 0.15) is 41.9 Å². The predicted octanol–water partition coefficient (Wildman–Crippen LogP) is 3.41. The van der Waals surface area contributed by atoms with Gasteiger partial charge < -0.3 is 20.2 Å². The van der Waals surface area contributed by atoms with Crippen LogP contribution in [-0.4, -0.2) is 61.1 Å². The van der Waals surface area contributed by atoms with Crippen LogP contribution in [-0.2, 0) is 11.3 Å². The van der Waals surface area contributed by atoms with Crippen LogP contribution in [0, 0.1) is 12.8 Å². The summed E-state index contributed by atoms with van der Waals surface area (Å²) < 4.78 is 0. The zero-order chi connectivity index (χ0) is 19.4. The summed E-state index contributed by atoms with van der Waals surface area (Å²) in [5.74, 6) is 0.674. The maximum Gasteiger partial charge on any atom is 0.317 e. The monoisotopic (exact) mass is 383 g/mol. The third-order valence-corrected chi connectivity index (χ3v) is 5.50. The van der Waals surface area contributed by atoms with Gasteiger partial charge in [0.15, 0.2) is 0 Å². The highest BCUT2D eigenvalue weighted by atomic mass is 32.1. The molecule has 1 aliphatic rings. The Bertz CT molecular complexity index is 528. The van der Waals surface area contributed by atoms with E-state index in [1.54, 1.807) is 11.3 Å². The zero-order valence-corrected chi connectivity index (χ0v) is 17.1. The summed E-state index contributed by atoms with van der Waals surface area (Å²) in [6.45, 7) is 5.06. The Morgan fingerprint density at radius 2 is 1.92 bits per heavy atom. The Morgan fingerprint density at radius 1 is 1.27 bits per heavy atom. The molecular formula is C19H33N3O3S. The molecule has 0 aromatic carbocycles. The van der Waals surface area contributed by atoms with Gasteiger partial charge >= 0.3 is 6.03 Å². The van der Waals surface area contributed by atoms with E-state index in [4.69, 9.17) is 9.90 Å². The lowest BCUT2D eigenvalue weighted by atomic mass is 9.89. The number of urea groups is 1. The quantitative estimate of drug-likeness (QED) is 0.708. The van der Waals surface area contributed by atoms with E-state index >= 15 is 0 Å². The summed E-state index contributed by atoms with van der Waals surface area (Å²) in [5, 5.41) is 10.1. The van der Waals surface area contributed by atoms with Crippen molar-refractivity contribution in [3.8, 4) is 0 Å². The third-order valence-electron chi connectivity index (χ3n) is 4.51. The summed E-state index contributed by atoms with van der Waals surface area (Å²) in [6.07, 6.45) is 6.53. The highest BCUT2D eigenvalue weighted by Crippen LogP contribution is 2.23. The summed E-state index contributed by atoms with van der Waals surface area (Å²) in [4.78, 5) is 27.6. The number of rotatable bonds is 7. The molecule has 0 bridgehead atoms. The van der Waals surface area contributed by atoms with Gasteiger partial charge in [0.05, 0.1) is 6.54 Å². The predicted molar refractivity (Wildman–Crippen MR) is 107 cm³/mol. The number of thiophene rings is 1. The summed E-state index contributed by atoms with van der Waals surface area (Å²) >= 11 is 1.78. The first-order valence-corrected chi connectivity index (χ1v) is 10.1. The average molecular weight is 384 g/mol. The van der Waals surface area contributed by atoms with Gasteiger partial charge in [0.2, 0.25) is 0 Å². The van der Waals surface area contributed by atoms with E-state index in [0.29, 0.717) is 12.5 Å². The Labute approximate surface area is 161 Å². The van der Waals surface area contributed by atoms with Crippen LogP contribution in [0.2, 0.25) is 0 Å². The van der Waals surface area contributed by atoms with Gasteiger partial charge in [-0.15, -0.1) is 11.3 Å². The van der Waals surface area contributed by atoms with Crippen molar-refractivity contribution in [2.75, 3.05) is 33.7 Å². The Balaban J connectivity index is 0.00000105. The maximum atomic E-state index is 12.6. The first-order chi connectivity index (χ1) is 12.5. The van der Waals surface area contributed by atoms with Crippen molar-refractivity contribution in [1.29, 1.82) is 0 Å². The molecule has 0 radical (unpaired) electrons. The molecule has 6 nitrogen and oxygen atoms in total. The minimum atomic E-state index is -0.250. The molecule has 0 aliphatic heterocycles. The van der Waals surface area contributed by atoms with E-state index in [1.165, 1.54) is 41.9 Å². The smallest absolute Gasteiger partial charge is 0.317 e. The van der Waals surface area contributed by atoms with Crippen LogP contribution in [0.25, 0.3) is 0 Å². The molecule has 1 aromatic rings. The van der Waals surface area contributed by atoms with Crippen molar-refractivity contribution < 1.29 is 14.7 Å². The van der Waals surface area contributed by atoms with Gasteiger partial charge in [-0.2, -0.15) is 0 Å². The van der Waals surface area contributed by atoms with Gasteiger partial charge in [0, 0.05) is 29.4 Å². The number of amides is 2. The molecule has 1 aliphatic carbocycles. The van der Waals surface area contributed by atoms with Crippen LogP contribution >= 0.6 is 11.3 Å². The Hall–Kier alpha value is -1.60. The number of likely N-dealkylation sites (N-methyl/N-ethyl adjacent to an activating group) is 1. The number of aryl methyl sites for hydroxylation is 1. The first-order valence-electron chi connectivity index (χ1n) is 9.27. The molecule has 2 N–H and O–H groups in total. The van der Waals surface area contributed by atoms with Crippen molar-refractivity contribution in [2.24, 2.45) is 5.92 Å². The van der Waals surface area contributed by atoms with Crippen molar-refractivity contribution in [3.63, 3.8) is 0 Å². The van der Waals surface area contributed by atoms with Crippen molar-refractivity contribution in [1.82, 2.24) is 15.1 Å². The molecule has 2 rings (SSSR count). The van der Waals surface area contributed by atoms with Gasteiger partial charge in [-0.3, -0.25) is 4.79 Å². The van der Waals surface area contributed by atoms with E-state index in [1.807, 2.05) is 19.0 Å². The number of carbonyl (C=O) groups excluding carboxylic acids is 1. The molecule has 2 amide bonds. The van der Waals surface area contributed by atoms with E-state index < -0.39 is 0 Å². The summed E-state index contributed by atoms with van der Waals surface area (Å²) in [6, 6.07) is 4.35.